The number of hydrogen-bond acceptors (Lipinski definition) is 1. The summed E-state index contributed by atoms with van der Waals surface area (Å²) >= 11 is 0. The second kappa shape index (κ2) is 5.63. The lowest BCUT2D eigenvalue weighted by atomic mass is 9.82. The smallest absolute Gasteiger partial charge is 0.194 e. The highest BCUT2D eigenvalue weighted by Crippen LogP contribution is 2.29. The van der Waals surface area contributed by atoms with E-state index in [0.29, 0.717) is 24.1 Å². The average molecular weight is 257 g/mol. The van der Waals surface area contributed by atoms with Gasteiger partial charge in [0, 0.05) is 24.4 Å². The van der Waals surface area contributed by atoms with Crippen molar-refractivity contribution in [3.05, 3.63) is 29.6 Å². The Morgan fingerprint density at radius 3 is 2.44 bits per heavy atom. The molecule has 1 saturated carbocycles. The van der Waals surface area contributed by atoms with E-state index in [9.17, 15) is 13.2 Å². The van der Waals surface area contributed by atoms with Gasteiger partial charge in [0.25, 0.3) is 0 Å². The van der Waals surface area contributed by atoms with Crippen LogP contribution in [-0.4, -0.2) is 6.54 Å². The first-order valence-electron chi connectivity index (χ1n) is 6.44. The Morgan fingerprint density at radius 2 is 1.83 bits per heavy atom. The first-order chi connectivity index (χ1) is 8.56. The summed E-state index contributed by atoms with van der Waals surface area (Å²) in [6, 6.07) is 2.01. The zero-order valence-corrected chi connectivity index (χ0v) is 10.5. The van der Waals surface area contributed by atoms with Crippen molar-refractivity contribution in [3.8, 4) is 0 Å². The Balaban J connectivity index is 1.94. The van der Waals surface area contributed by atoms with Gasteiger partial charge >= 0.3 is 0 Å². The first kappa shape index (κ1) is 13.2. The lowest BCUT2D eigenvalue weighted by molar-refractivity contribution is 0.293. The molecule has 100 valence electrons. The first-order valence-corrected chi connectivity index (χ1v) is 6.44. The Morgan fingerprint density at radius 1 is 1.17 bits per heavy atom. The van der Waals surface area contributed by atoms with Crippen molar-refractivity contribution in [1.29, 1.82) is 0 Å². The molecule has 1 aliphatic rings. The van der Waals surface area contributed by atoms with Gasteiger partial charge in [-0.1, -0.05) is 19.8 Å². The average Bonchev–Trinajstić information content (AvgIpc) is 2.33. The van der Waals surface area contributed by atoms with Crippen molar-refractivity contribution < 1.29 is 13.2 Å². The zero-order chi connectivity index (χ0) is 13.1. The summed E-state index contributed by atoms with van der Waals surface area (Å²) in [5.74, 6) is -2.45. The molecule has 0 amide bonds. The van der Waals surface area contributed by atoms with Crippen LogP contribution in [-0.2, 0) is 0 Å². The van der Waals surface area contributed by atoms with Gasteiger partial charge in [0.15, 0.2) is 17.5 Å². The van der Waals surface area contributed by atoms with Crippen molar-refractivity contribution >= 4 is 5.69 Å². The highest BCUT2D eigenvalue weighted by Gasteiger charge is 2.19. The van der Waals surface area contributed by atoms with Crippen molar-refractivity contribution in [3.63, 3.8) is 0 Å². The van der Waals surface area contributed by atoms with Crippen molar-refractivity contribution in [2.75, 3.05) is 11.9 Å². The van der Waals surface area contributed by atoms with E-state index in [1.165, 1.54) is 12.8 Å². The molecule has 0 saturated heterocycles. The molecule has 0 heterocycles. The van der Waals surface area contributed by atoms with Gasteiger partial charge in [-0.15, -0.1) is 0 Å². The Bertz CT molecular complexity index is 396. The van der Waals surface area contributed by atoms with E-state index < -0.39 is 17.5 Å². The van der Waals surface area contributed by atoms with Gasteiger partial charge in [0.1, 0.15) is 0 Å². The third kappa shape index (κ3) is 3.18. The molecule has 1 aromatic rings. The predicted octanol–water partition coefficient (Wildman–Crippen LogP) is 4.34. The summed E-state index contributed by atoms with van der Waals surface area (Å²) in [5.41, 5.74) is 0.310. The van der Waals surface area contributed by atoms with Gasteiger partial charge in [0.2, 0.25) is 0 Å². The standard InChI is InChI=1S/C14H18F3N/c1-9-3-2-4-10(5-9)8-18-11-6-12(15)14(17)13(16)7-11/h6-7,9-10,18H,2-5,8H2,1H3. The van der Waals surface area contributed by atoms with E-state index in [4.69, 9.17) is 0 Å². The molecule has 4 heteroatoms. The summed E-state index contributed by atoms with van der Waals surface area (Å²) in [4.78, 5) is 0. The van der Waals surface area contributed by atoms with Crippen LogP contribution in [0.5, 0.6) is 0 Å². The number of hydrogen-bond donors (Lipinski definition) is 1. The molecule has 0 aromatic heterocycles. The molecule has 0 bridgehead atoms. The van der Waals surface area contributed by atoms with E-state index in [0.717, 1.165) is 25.0 Å². The molecule has 1 nitrogen and oxygen atoms in total. The molecular weight excluding hydrogens is 239 g/mol. The molecule has 2 rings (SSSR count). The number of halogens is 3. The second-order valence-corrected chi connectivity index (χ2v) is 5.27. The maximum absolute atomic E-state index is 13.0. The highest BCUT2D eigenvalue weighted by atomic mass is 19.2. The number of anilines is 1. The molecule has 18 heavy (non-hydrogen) atoms. The predicted molar refractivity (Wildman–Crippen MR) is 65.9 cm³/mol. The molecule has 1 N–H and O–H groups in total. The normalized spacial score (nSPS) is 24.0. The van der Waals surface area contributed by atoms with Crippen LogP contribution in [0, 0.1) is 29.3 Å². The van der Waals surface area contributed by atoms with E-state index in [1.807, 2.05) is 0 Å². The maximum Gasteiger partial charge on any atom is 0.194 e. The minimum Gasteiger partial charge on any atom is -0.385 e. The Labute approximate surface area is 105 Å². The lowest BCUT2D eigenvalue weighted by Crippen LogP contribution is -2.21. The fourth-order valence-electron chi connectivity index (χ4n) is 2.66. The Hall–Kier alpha value is -1.19. The largest absolute Gasteiger partial charge is 0.385 e. The van der Waals surface area contributed by atoms with Crippen molar-refractivity contribution in [2.45, 2.75) is 32.6 Å². The molecule has 0 radical (unpaired) electrons. The minimum atomic E-state index is -1.41. The van der Waals surface area contributed by atoms with Crippen LogP contribution < -0.4 is 5.32 Å². The summed E-state index contributed by atoms with van der Waals surface area (Å²) in [6.07, 6.45) is 4.75. The zero-order valence-electron chi connectivity index (χ0n) is 10.5. The summed E-state index contributed by atoms with van der Waals surface area (Å²) < 4.78 is 38.8. The molecule has 1 aliphatic carbocycles. The number of nitrogens with one attached hydrogen (secondary N) is 1. The third-order valence-corrected chi connectivity index (χ3v) is 3.62. The quantitative estimate of drug-likeness (QED) is 0.794. The fraction of sp³-hybridized carbons (Fsp3) is 0.571. The number of benzene rings is 1. The monoisotopic (exact) mass is 257 g/mol. The second-order valence-electron chi connectivity index (χ2n) is 5.27. The third-order valence-electron chi connectivity index (χ3n) is 3.62. The number of rotatable bonds is 3. The molecule has 0 aliphatic heterocycles. The van der Waals surface area contributed by atoms with E-state index in [1.54, 1.807) is 0 Å². The lowest BCUT2D eigenvalue weighted by Gasteiger charge is -2.27. The van der Waals surface area contributed by atoms with Crippen LogP contribution in [0.25, 0.3) is 0 Å². The van der Waals surface area contributed by atoms with Gasteiger partial charge in [-0.3, -0.25) is 0 Å². The molecule has 2 unspecified atom stereocenters. The van der Waals surface area contributed by atoms with Crippen LogP contribution in [0.1, 0.15) is 32.6 Å². The van der Waals surface area contributed by atoms with Gasteiger partial charge in [-0.2, -0.15) is 0 Å². The van der Waals surface area contributed by atoms with Crippen LogP contribution in [0.2, 0.25) is 0 Å². The van der Waals surface area contributed by atoms with E-state index >= 15 is 0 Å². The van der Waals surface area contributed by atoms with Crippen LogP contribution >= 0.6 is 0 Å². The van der Waals surface area contributed by atoms with Crippen LogP contribution in [0.3, 0.4) is 0 Å². The van der Waals surface area contributed by atoms with Crippen molar-refractivity contribution in [1.82, 2.24) is 0 Å². The fourth-order valence-corrected chi connectivity index (χ4v) is 2.66. The Kier molecular flexibility index (Phi) is 4.15. The highest BCUT2D eigenvalue weighted by molar-refractivity contribution is 5.44. The van der Waals surface area contributed by atoms with Gasteiger partial charge in [-0.05, 0) is 24.7 Å². The van der Waals surface area contributed by atoms with Crippen molar-refractivity contribution in [2.24, 2.45) is 11.8 Å². The van der Waals surface area contributed by atoms with Crippen LogP contribution in [0.4, 0.5) is 18.9 Å². The van der Waals surface area contributed by atoms with E-state index in [2.05, 4.69) is 12.2 Å². The SMILES string of the molecule is CC1CCCC(CNc2cc(F)c(F)c(F)c2)C1. The molecule has 1 aromatic carbocycles. The maximum atomic E-state index is 13.0. The molecule has 2 atom stereocenters. The van der Waals surface area contributed by atoms with Crippen LogP contribution in [0.15, 0.2) is 12.1 Å². The summed E-state index contributed by atoms with van der Waals surface area (Å²) in [7, 11) is 0. The van der Waals surface area contributed by atoms with Gasteiger partial charge < -0.3 is 5.32 Å². The molecule has 1 fully saturated rings. The summed E-state index contributed by atoms with van der Waals surface area (Å²) in [5, 5.41) is 3.00. The van der Waals surface area contributed by atoms with Gasteiger partial charge in [-0.25, -0.2) is 13.2 Å². The molecule has 0 spiro atoms. The van der Waals surface area contributed by atoms with E-state index in [-0.39, 0.29) is 0 Å². The van der Waals surface area contributed by atoms with Gasteiger partial charge in [0.05, 0.1) is 0 Å². The minimum absolute atomic E-state index is 0.310. The topological polar surface area (TPSA) is 12.0 Å². The molecular formula is C14H18F3N. The summed E-state index contributed by atoms with van der Waals surface area (Å²) in [6.45, 7) is 2.91.